The van der Waals surface area contributed by atoms with Crippen molar-refractivity contribution in [1.82, 2.24) is 5.32 Å². The van der Waals surface area contributed by atoms with E-state index in [4.69, 9.17) is 19.9 Å². The van der Waals surface area contributed by atoms with Gasteiger partial charge in [-0.3, -0.25) is 0 Å². The average Bonchev–Trinajstić information content (AvgIpc) is 2.49. The van der Waals surface area contributed by atoms with E-state index < -0.39 is 5.97 Å². The molecule has 0 amide bonds. The number of nitrogens with two attached hydrogens (primary N) is 1. The zero-order valence-corrected chi connectivity index (χ0v) is 13.7. The Labute approximate surface area is 124 Å². The van der Waals surface area contributed by atoms with Crippen molar-refractivity contribution in [1.29, 1.82) is 0 Å². The molecule has 0 fully saturated rings. The molecule has 0 aliphatic rings. The lowest BCUT2D eigenvalue weighted by Gasteiger charge is -2.36. The van der Waals surface area contributed by atoms with Gasteiger partial charge in [0.25, 0.3) is 5.97 Å². The van der Waals surface area contributed by atoms with Crippen LogP contribution in [-0.4, -0.2) is 46.4 Å². The maximum absolute atomic E-state index is 5.57. The molecule has 0 spiro atoms. The number of hydrogen-bond donors (Lipinski definition) is 2. The Morgan fingerprint density at radius 1 is 0.950 bits per heavy atom. The summed E-state index contributed by atoms with van der Waals surface area (Å²) in [6.07, 6.45) is 8.52. The van der Waals surface area contributed by atoms with Crippen LogP contribution in [0.15, 0.2) is 0 Å². The van der Waals surface area contributed by atoms with Crippen LogP contribution in [0.25, 0.3) is 0 Å². The van der Waals surface area contributed by atoms with Crippen LogP contribution in [0, 0.1) is 0 Å². The van der Waals surface area contributed by atoms with E-state index >= 15 is 0 Å². The topological polar surface area (TPSA) is 65.7 Å². The van der Waals surface area contributed by atoms with Crippen molar-refractivity contribution in [3.63, 3.8) is 0 Å². The van der Waals surface area contributed by atoms with Crippen LogP contribution in [0.1, 0.15) is 51.9 Å². The first-order valence-corrected chi connectivity index (χ1v) is 7.79. The minimum atomic E-state index is -1.03. The molecule has 0 saturated heterocycles. The third kappa shape index (κ3) is 6.99. The van der Waals surface area contributed by atoms with E-state index in [2.05, 4.69) is 12.2 Å². The van der Waals surface area contributed by atoms with Crippen LogP contribution in [0.5, 0.6) is 0 Å². The number of ether oxygens (including phenoxy) is 3. The van der Waals surface area contributed by atoms with E-state index in [0.717, 1.165) is 19.4 Å². The SMILES string of the molecule is CCCCCCCCC(NCCN)C(OC)(OC)OC. The number of hydrogen-bond acceptors (Lipinski definition) is 5. The summed E-state index contributed by atoms with van der Waals surface area (Å²) < 4.78 is 16.3. The molecule has 0 aromatic rings. The molecule has 0 radical (unpaired) electrons. The van der Waals surface area contributed by atoms with E-state index in [1.807, 2.05) is 0 Å². The molecule has 122 valence electrons. The molecular weight excluding hydrogens is 256 g/mol. The highest BCUT2D eigenvalue weighted by Crippen LogP contribution is 2.22. The van der Waals surface area contributed by atoms with Gasteiger partial charge in [-0.05, 0) is 6.42 Å². The molecule has 0 aromatic carbocycles. The summed E-state index contributed by atoms with van der Waals surface area (Å²) in [5.41, 5.74) is 5.57. The first kappa shape index (κ1) is 19.8. The number of unbranched alkanes of at least 4 members (excludes halogenated alkanes) is 5. The molecule has 0 aliphatic heterocycles. The van der Waals surface area contributed by atoms with Gasteiger partial charge >= 0.3 is 0 Å². The predicted octanol–water partition coefficient (Wildman–Crippen LogP) is 2.25. The van der Waals surface area contributed by atoms with Crippen LogP contribution in [0.2, 0.25) is 0 Å². The van der Waals surface area contributed by atoms with E-state index in [-0.39, 0.29) is 6.04 Å². The Balaban J connectivity index is 4.25. The van der Waals surface area contributed by atoms with Crippen molar-refractivity contribution in [2.45, 2.75) is 63.9 Å². The summed E-state index contributed by atoms with van der Waals surface area (Å²) >= 11 is 0. The molecule has 1 unspecified atom stereocenters. The lowest BCUT2D eigenvalue weighted by atomic mass is 10.0. The Bertz CT molecular complexity index is 203. The van der Waals surface area contributed by atoms with Gasteiger partial charge in [-0.25, -0.2) is 0 Å². The zero-order valence-electron chi connectivity index (χ0n) is 13.7. The van der Waals surface area contributed by atoms with Gasteiger partial charge in [0, 0.05) is 34.4 Å². The molecule has 5 heteroatoms. The summed E-state index contributed by atoms with van der Waals surface area (Å²) in [6, 6.07) is -0.0165. The van der Waals surface area contributed by atoms with Crippen molar-refractivity contribution < 1.29 is 14.2 Å². The fraction of sp³-hybridized carbons (Fsp3) is 1.00. The second-order valence-electron chi connectivity index (χ2n) is 5.07. The molecule has 0 heterocycles. The number of rotatable bonds is 14. The van der Waals surface area contributed by atoms with E-state index in [1.54, 1.807) is 21.3 Å². The zero-order chi connectivity index (χ0) is 15.3. The molecule has 0 saturated carbocycles. The van der Waals surface area contributed by atoms with Crippen molar-refractivity contribution in [2.75, 3.05) is 34.4 Å². The molecule has 20 heavy (non-hydrogen) atoms. The van der Waals surface area contributed by atoms with Gasteiger partial charge in [0.15, 0.2) is 0 Å². The van der Waals surface area contributed by atoms with E-state index in [9.17, 15) is 0 Å². The molecule has 0 rings (SSSR count). The van der Waals surface area contributed by atoms with Crippen LogP contribution < -0.4 is 11.1 Å². The van der Waals surface area contributed by atoms with Gasteiger partial charge in [0.1, 0.15) is 0 Å². The summed E-state index contributed by atoms with van der Waals surface area (Å²) in [4.78, 5) is 0. The first-order chi connectivity index (χ1) is 9.70. The van der Waals surface area contributed by atoms with Gasteiger partial charge in [-0.1, -0.05) is 45.4 Å². The Kier molecular flexibility index (Phi) is 12.4. The van der Waals surface area contributed by atoms with Gasteiger partial charge in [-0.2, -0.15) is 0 Å². The predicted molar refractivity (Wildman–Crippen MR) is 82.6 cm³/mol. The van der Waals surface area contributed by atoms with Crippen LogP contribution in [0.3, 0.4) is 0 Å². The summed E-state index contributed by atoms with van der Waals surface area (Å²) in [7, 11) is 4.81. The van der Waals surface area contributed by atoms with E-state index in [0.29, 0.717) is 6.54 Å². The maximum atomic E-state index is 5.57. The fourth-order valence-electron chi connectivity index (χ4n) is 2.47. The molecule has 5 nitrogen and oxygen atoms in total. The smallest absolute Gasteiger partial charge is 0.298 e. The highest BCUT2D eigenvalue weighted by atomic mass is 16.9. The largest absolute Gasteiger partial charge is 0.330 e. The third-order valence-electron chi connectivity index (χ3n) is 3.66. The maximum Gasteiger partial charge on any atom is 0.298 e. The monoisotopic (exact) mass is 290 g/mol. The first-order valence-electron chi connectivity index (χ1n) is 7.79. The quantitative estimate of drug-likeness (QED) is 0.379. The summed E-state index contributed by atoms with van der Waals surface area (Å²) in [6.45, 7) is 3.54. The van der Waals surface area contributed by atoms with Crippen molar-refractivity contribution in [3.05, 3.63) is 0 Å². The van der Waals surface area contributed by atoms with Gasteiger partial charge in [0.2, 0.25) is 0 Å². The molecule has 0 bridgehead atoms. The Hall–Kier alpha value is -0.200. The Morgan fingerprint density at radius 3 is 2.00 bits per heavy atom. The van der Waals surface area contributed by atoms with Crippen LogP contribution in [0.4, 0.5) is 0 Å². The number of nitrogens with one attached hydrogen (secondary N) is 1. The Morgan fingerprint density at radius 2 is 1.50 bits per heavy atom. The minimum absolute atomic E-state index is 0.0165. The molecule has 3 N–H and O–H groups in total. The number of methoxy groups -OCH3 is 3. The summed E-state index contributed by atoms with van der Waals surface area (Å²) in [5.74, 6) is -1.03. The molecule has 0 aliphatic carbocycles. The van der Waals surface area contributed by atoms with Gasteiger partial charge < -0.3 is 25.3 Å². The molecular formula is C15H34N2O3. The second-order valence-corrected chi connectivity index (χ2v) is 5.07. The average molecular weight is 290 g/mol. The van der Waals surface area contributed by atoms with Crippen molar-refractivity contribution >= 4 is 0 Å². The summed E-state index contributed by atoms with van der Waals surface area (Å²) in [5, 5.41) is 3.37. The van der Waals surface area contributed by atoms with Gasteiger partial charge in [0.05, 0.1) is 6.04 Å². The van der Waals surface area contributed by atoms with Crippen molar-refractivity contribution in [3.8, 4) is 0 Å². The third-order valence-corrected chi connectivity index (χ3v) is 3.66. The van der Waals surface area contributed by atoms with Crippen LogP contribution >= 0.6 is 0 Å². The van der Waals surface area contributed by atoms with Crippen molar-refractivity contribution in [2.24, 2.45) is 5.73 Å². The lowest BCUT2D eigenvalue weighted by molar-refractivity contribution is -0.366. The van der Waals surface area contributed by atoms with Gasteiger partial charge in [-0.15, -0.1) is 0 Å². The van der Waals surface area contributed by atoms with E-state index in [1.165, 1.54) is 32.1 Å². The minimum Gasteiger partial charge on any atom is -0.330 e. The highest BCUT2D eigenvalue weighted by molar-refractivity contribution is 4.78. The molecule has 0 aromatic heterocycles. The highest BCUT2D eigenvalue weighted by Gasteiger charge is 2.39. The second kappa shape index (κ2) is 12.5. The molecule has 1 atom stereocenters. The fourth-order valence-corrected chi connectivity index (χ4v) is 2.47. The van der Waals surface area contributed by atoms with Crippen LogP contribution in [-0.2, 0) is 14.2 Å². The lowest BCUT2D eigenvalue weighted by Crippen LogP contribution is -2.55. The standard InChI is InChI=1S/C15H34N2O3/c1-5-6-7-8-9-10-11-14(17-13-12-16)15(18-2,19-3)20-4/h14,17H,5-13,16H2,1-4H3. The normalized spacial score (nSPS) is 13.7.